The predicted octanol–water partition coefficient (Wildman–Crippen LogP) is 3.07. The first-order valence-electron chi connectivity index (χ1n) is 8.80. The van der Waals surface area contributed by atoms with Gasteiger partial charge < -0.3 is 10.6 Å². The second-order valence-corrected chi connectivity index (χ2v) is 6.76. The summed E-state index contributed by atoms with van der Waals surface area (Å²) in [6.07, 6.45) is 0.372. The van der Waals surface area contributed by atoms with Gasteiger partial charge in [0.05, 0.1) is 24.4 Å². The highest BCUT2D eigenvalue weighted by molar-refractivity contribution is 6.11. The van der Waals surface area contributed by atoms with E-state index in [-0.39, 0.29) is 11.7 Å². The molecule has 2 heterocycles. The van der Waals surface area contributed by atoms with E-state index in [1.807, 2.05) is 49.0 Å². The predicted molar refractivity (Wildman–Crippen MR) is 104 cm³/mol. The Morgan fingerprint density at radius 2 is 2.00 bits per heavy atom. The molecule has 6 nitrogen and oxygen atoms in total. The zero-order valence-electron chi connectivity index (χ0n) is 15.2. The smallest absolute Gasteiger partial charge is 0.228 e. The van der Waals surface area contributed by atoms with Gasteiger partial charge in [-0.05, 0) is 36.8 Å². The fourth-order valence-corrected chi connectivity index (χ4v) is 3.31. The van der Waals surface area contributed by atoms with Crippen molar-refractivity contribution in [3.05, 3.63) is 76.6 Å². The minimum atomic E-state index is -0.0704. The summed E-state index contributed by atoms with van der Waals surface area (Å²) in [5, 5.41) is 10.5. The maximum atomic E-state index is 12.9. The van der Waals surface area contributed by atoms with Crippen LogP contribution in [0.4, 0.5) is 11.4 Å². The molecule has 2 aromatic carbocycles. The third-order valence-electron chi connectivity index (χ3n) is 4.69. The average Bonchev–Trinajstić information content (AvgIpc) is 3.18. The minimum Gasteiger partial charge on any atom is -0.379 e. The summed E-state index contributed by atoms with van der Waals surface area (Å²) in [7, 11) is 1.91. The highest BCUT2D eigenvalue weighted by atomic mass is 16.1. The van der Waals surface area contributed by atoms with Crippen LogP contribution >= 0.6 is 0 Å². The Balaban J connectivity index is 1.52. The number of rotatable bonds is 5. The van der Waals surface area contributed by atoms with Crippen LogP contribution in [-0.4, -0.2) is 21.5 Å². The van der Waals surface area contributed by atoms with Crippen molar-refractivity contribution in [1.29, 1.82) is 0 Å². The van der Waals surface area contributed by atoms with Gasteiger partial charge in [0.2, 0.25) is 5.91 Å². The summed E-state index contributed by atoms with van der Waals surface area (Å²) in [5.74, 6) is -0.106. The van der Waals surface area contributed by atoms with E-state index in [2.05, 4.69) is 15.7 Å². The molecule has 0 saturated carbocycles. The lowest BCUT2D eigenvalue weighted by molar-refractivity contribution is -0.115. The first kappa shape index (κ1) is 17.0. The molecule has 1 aliphatic rings. The summed E-state index contributed by atoms with van der Waals surface area (Å²) < 4.78 is 1.84. The van der Waals surface area contributed by atoms with Crippen LogP contribution in [0.2, 0.25) is 0 Å². The molecule has 0 radical (unpaired) electrons. The molecule has 3 aromatic rings. The van der Waals surface area contributed by atoms with E-state index in [9.17, 15) is 9.59 Å². The van der Waals surface area contributed by atoms with Gasteiger partial charge in [0.15, 0.2) is 5.78 Å². The van der Waals surface area contributed by atoms with Gasteiger partial charge in [0.25, 0.3) is 0 Å². The number of anilines is 2. The number of benzene rings is 2. The van der Waals surface area contributed by atoms with Crippen LogP contribution in [0.25, 0.3) is 0 Å². The summed E-state index contributed by atoms with van der Waals surface area (Å²) in [5.41, 5.74) is 5.74. The van der Waals surface area contributed by atoms with Crippen molar-refractivity contribution in [2.45, 2.75) is 19.9 Å². The van der Waals surface area contributed by atoms with Gasteiger partial charge in [0, 0.05) is 29.5 Å². The van der Waals surface area contributed by atoms with Crippen molar-refractivity contribution in [1.82, 2.24) is 9.78 Å². The number of aromatic nitrogens is 2. The number of nitrogens with one attached hydrogen (secondary N) is 2. The van der Waals surface area contributed by atoms with Crippen LogP contribution in [0.1, 0.15) is 32.9 Å². The molecule has 1 aromatic heterocycles. The van der Waals surface area contributed by atoms with E-state index < -0.39 is 0 Å². The Labute approximate surface area is 157 Å². The lowest BCUT2D eigenvalue weighted by Gasteiger charge is -2.09. The van der Waals surface area contributed by atoms with Crippen LogP contribution in [0.3, 0.4) is 0 Å². The van der Waals surface area contributed by atoms with E-state index >= 15 is 0 Å². The Morgan fingerprint density at radius 1 is 1.19 bits per heavy atom. The van der Waals surface area contributed by atoms with E-state index in [1.54, 1.807) is 18.2 Å². The number of carbonyl (C=O) groups excluding carboxylic acids is 2. The maximum absolute atomic E-state index is 12.9. The van der Waals surface area contributed by atoms with E-state index in [0.29, 0.717) is 24.1 Å². The molecule has 1 amide bonds. The average molecular weight is 360 g/mol. The number of hydrogen-bond donors (Lipinski definition) is 2. The normalized spacial score (nSPS) is 12.6. The van der Waals surface area contributed by atoms with Crippen LogP contribution in [-0.2, 0) is 24.8 Å². The topological polar surface area (TPSA) is 76.0 Å². The summed E-state index contributed by atoms with van der Waals surface area (Å²) in [6.45, 7) is 2.59. The number of nitrogens with zero attached hydrogens (tertiary/aromatic N) is 2. The molecule has 0 aliphatic carbocycles. The van der Waals surface area contributed by atoms with Crippen molar-refractivity contribution in [3.8, 4) is 0 Å². The lowest BCUT2D eigenvalue weighted by atomic mass is 10.0. The third kappa shape index (κ3) is 3.46. The molecular weight excluding hydrogens is 340 g/mol. The molecular formula is C21H20N4O2. The van der Waals surface area contributed by atoms with E-state index in [1.165, 1.54) is 0 Å². The highest BCUT2D eigenvalue weighted by Gasteiger charge is 2.19. The fourth-order valence-electron chi connectivity index (χ4n) is 3.31. The maximum Gasteiger partial charge on any atom is 0.228 e. The standard InChI is InChI=1S/C21H20N4O2/c1-13-8-18(25(2)24-13)12-22-17-5-3-4-15(9-17)21(27)16-7-6-14-11-20(26)23-19(14)10-16/h3-10,22H,11-12H2,1-2H3,(H,23,26). The molecule has 0 bridgehead atoms. The van der Waals surface area contributed by atoms with Crippen molar-refractivity contribution < 1.29 is 9.59 Å². The van der Waals surface area contributed by atoms with Gasteiger partial charge in [0.1, 0.15) is 0 Å². The molecule has 136 valence electrons. The number of hydrogen-bond acceptors (Lipinski definition) is 4. The van der Waals surface area contributed by atoms with Gasteiger partial charge in [-0.1, -0.05) is 24.3 Å². The summed E-state index contributed by atoms with van der Waals surface area (Å²) in [6, 6.07) is 14.8. The Kier molecular flexibility index (Phi) is 4.24. The zero-order valence-corrected chi connectivity index (χ0v) is 15.2. The molecule has 2 N–H and O–H groups in total. The van der Waals surface area contributed by atoms with Gasteiger partial charge >= 0.3 is 0 Å². The number of amides is 1. The largest absolute Gasteiger partial charge is 0.379 e. The third-order valence-corrected chi connectivity index (χ3v) is 4.69. The lowest BCUT2D eigenvalue weighted by Crippen LogP contribution is -2.07. The second-order valence-electron chi connectivity index (χ2n) is 6.76. The molecule has 0 fully saturated rings. The first-order chi connectivity index (χ1) is 13.0. The zero-order chi connectivity index (χ0) is 19.0. The molecule has 4 rings (SSSR count). The molecule has 1 aliphatic heterocycles. The Morgan fingerprint density at radius 3 is 2.78 bits per heavy atom. The van der Waals surface area contributed by atoms with Crippen molar-refractivity contribution >= 4 is 23.1 Å². The van der Waals surface area contributed by atoms with Crippen LogP contribution < -0.4 is 10.6 Å². The van der Waals surface area contributed by atoms with E-state index in [0.717, 1.165) is 28.3 Å². The number of ketones is 1. The molecule has 0 unspecified atom stereocenters. The summed E-state index contributed by atoms with van der Waals surface area (Å²) in [4.78, 5) is 24.4. The quantitative estimate of drug-likeness (QED) is 0.686. The Bertz CT molecular complexity index is 1050. The number of fused-ring (bicyclic) bond motifs is 1. The van der Waals surface area contributed by atoms with Gasteiger partial charge in [-0.2, -0.15) is 5.10 Å². The molecule has 6 heteroatoms. The summed E-state index contributed by atoms with van der Waals surface area (Å²) >= 11 is 0. The molecule has 0 spiro atoms. The number of carbonyl (C=O) groups is 2. The fraction of sp³-hybridized carbons (Fsp3) is 0.190. The number of aryl methyl sites for hydroxylation is 2. The second kappa shape index (κ2) is 6.72. The van der Waals surface area contributed by atoms with Crippen LogP contribution in [0.15, 0.2) is 48.5 Å². The van der Waals surface area contributed by atoms with E-state index in [4.69, 9.17) is 0 Å². The van der Waals surface area contributed by atoms with Crippen molar-refractivity contribution in [2.24, 2.45) is 7.05 Å². The van der Waals surface area contributed by atoms with Gasteiger partial charge in [-0.15, -0.1) is 0 Å². The Hall–Kier alpha value is -3.41. The molecule has 0 saturated heterocycles. The van der Waals surface area contributed by atoms with Crippen LogP contribution in [0, 0.1) is 6.92 Å². The highest BCUT2D eigenvalue weighted by Crippen LogP contribution is 2.25. The van der Waals surface area contributed by atoms with Crippen LogP contribution in [0.5, 0.6) is 0 Å². The minimum absolute atomic E-state index is 0.0359. The van der Waals surface area contributed by atoms with Crippen molar-refractivity contribution in [2.75, 3.05) is 10.6 Å². The molecule has 27 heavy (non-hydrogen) atoms. The van der Waals surface area contributed by atoms with Gasteiger partial charge in [-0.25, -0.2) is 0 Å². The van der Waals surface area contributed by atoms with Gasteiger partial charge in [-0.3, -0.25) is 14.3 Å². The molecule has 0 atom stereocenters. The monoisotopic (exact) mass is 360 g/mol. The van der Waals surface area contributed by atoms with Crippen molar-refractivity contribution in [3.63, 3.8) is 0 Å². The first-order valence-corrected chi connectivity index (χ1v) is 8.80. The SMILES string of the molecule is Cc1cc(CNc2cccc(C(=O)c3ccc4c(c3)NC(=O)C4)c2)n(C)n1.